The summed E-state index contributed by atoms with van der Waals surface area (Å²) in [4.78, 5) is 27.0. The summed E-state index contributed by atoms with van der Waals surface area (Å²) >= 11 is 0. The minimum atomic E-state index is -3.76. The molecule has 0 atom stereocenters. The zero-order valence-electron chi connectivity index (χ0n) is 9.51. The Bertz CT molecular complexity index is 757. The molecule has 1 aromatic carbocycles. The Kier molecular flexibility index (Phi) is 3.23. The lowest BCUT2D eigenvalue weighted by Crippen LogP contribution is -2.15. The van der Waals surface area contributed by atoms with Gasteiger partial charge in [-0.15, -0.1) is 0 Å². The molecule has 2 rings (SSSR count). The Labute approximate surface area is 107 Å². The average Bonchev–Trinajstić information content (AvgIpc) is 2.75. The van der Waals surface area contributed by atoms with Gasteiger partial charge in [-0.1, -0.05) is 0 Å². The van der Waals surface area contributed by atoms with Crippen LogP contribution in [0.5, 0.6) is 0 Å². The molecule has 0 aliphatic rings. The van der Waals surface area contributed by atoms with E-state index in [4.69, 9.17) is 5.14 Å². The number of benzene rings is 1. The topological polar surface area (TPSA) is 138 Å². The van der Waals surface area contributed by atoms with Gasteiger partial charge >= 0.3 is 5.69 Å². The van der Waals surface area contributed by atoms with E-state index in [0.29, 0.717) is 5.69 Å². The molecule has 1 heterocycles. The summed E-state index contributed by atoms with van der Waals surface area (Å²) in [5.41, 5.74) is -0.0466. The highest BCUT2D eigenvalue weighted by molar-refractivity contribution is 7.89. The van der Waals surface area contributed by atoms with Gasteiger partial charge in [-0.3, -0.25) is 4.79 Å². The highest BCUT2D eigenvalue weighted by atomic mass is 32.2. The Hall–Kier alpha value is -2.39. The molecule has 0 fully saturated rings. The smallest absolute Gasteiger partial charge is 0.321 e. The van der Waals surface area contributed by atoms with E-state index in [9.17, 15) is 18.0 Å². The molecule has 0 spiro atoms. The summed E-state index contributed by atoms with van der Waals surface area (Å²) in [5, 5.41) is 7.43. The summed E-state index contributed by atoms with van der Waals surface area (Å²) in [6.45, 7) is 0. The van der Waals surface area contributed by atoms with Crippen molar-refractivity contribution in [1.82, 2.24) is 9.97 Å². The van der Waals surface area contributed by atoms with Crippen LogP contribution in [-0.4, -0.2) is 24.3 Å². The first-order valence-electron chi connectivity index (χ1n) is 5.08. The number of aromatic amines is 2. The van der Waals surface area contributed by atoms with Crippen molar-refractivity contribution in [3.05, 3.63) is 46.6 Å². The number of primary sulfonamides is 1. The van der Waals surface area contributed by atoms with Crippen LogP contribution in [0.3, 0.4) is 0 Å². The average molecular weight is 282 g/mol. The summed E-state index contributed by atoms with van der Waals surface area (Å²) in [6.07, 6.45) is 1.23. The quantitative estimate of drug-likeness (QED) is 0.608. The lowest BCUT2D eigenvalue weighted by atomic mass is 10.3. The molecule has 0 aliphatic carbocycles. The molecule has 9 heteroatoms. The van der Waals surface area contributed by atoms with Gasteiger partial charge in [0.25, 0.3) is 5.91 Å². The van der Waals surface area contributed by atoms with Crippen molar-refractivity contribution in [2.24, 2.45) is 5.14 Å². The number of hydrogen-bond donors (Lipinski definition) is 4. The number of hydrogen-bond acceptors (Lipinski definition) is 4. The van der Waals surface area contributed by atoms with Gasteiger partial charge in [0.2, 0.25) is 10.0 Å². The second-order valence-electron chi connectivity index (χ2n) is 3.68. The fourth-order valence-corrected chi connectivity index (χ4v) is 1.90. The van der Waals surface area contributed by atoms with Gasteiger partial charge < -0.3 is 15.3 Å². The number of amides is 1. The van der Waals surface area contributed by atoms with Crippen LogP contribution in [0, 0.1) is 0 Å². The molecule has 1 aromatic heterocycles. The van der Waals surface area contributed by atoms with E-state index >= 15 is 0 Å². The first-order chi connectivity index (χ1) is 8.86. The van der Waals surface area contributed by atoms with Gasteiger partial charge in [0, 0.05) is 11.9 Å². The minimum Gasteiger partial charge on any atom is -0.321 e. The van der Waals surface area contributed by atoms with Crippen LogP contribution >= 0.6 is 0 Å². The zero-order valence-corrected chi connectivity index (χ0v) is 10.3. The molecule has 0 saturated carbocycles. The van der Waals surface area contributed by atoms with Crippen LogP contribution < -0.4 is 16.1 Å². The summed E-state index contributed by atoms with van der Waals surface area (Å²) in [5.74, 6) is -0.526. The molecule has 19 heavy (non-hydrogen) atoms. The van der Waals surface area contributed by atoms with Crippen molar-refractivity contribution in [2.75, 3.05) is 5.32 Å². The van der Waals surface area contributed by atoms with E-state index in [1.165, 1.54) is 30.5 Å². The number of nitrogens with two attached hydrogens (primary N) is 1. The van der Waals surface area contributed by atoms with Crippen LogP contribution in [0.1, 0.15) is 10.5 Å². The molecular formula is C10H10N4O4S. The van der Waals surface area contributed by atoms with Crippen molar-refractivity contribution in [3.8, 4) is 0 Å². The van der Waals surface area contributed by atoms with Crippen molar-refractivity contribution >= 4 is 21.6 Å². The largest absolute Gasteiger partial charge is 0.323 e. The maximum Gasteiger partial charge on any atom is 0.323 e. The maximum atomic E-state index is 11.7. The molecule has 0 aliphatic heterocycles. The van der Waals surface area contributed by atoms with E-state index in [1.807, 2.05) is 0 Å². The molecule has 1 amide bonds. The number of carbonyl (C=O) groups is 1. The first kappa shape index (κ1) is 13.1. The summed E-state index contributed by atoms with van der Waals surface area (Å²) in [6, 6.07) is 5.32. The molecule has 100 valence electrons. The van der Waals surface area contributed by atoms with Gasteiger partial charge in [0.15, 0.2) is 0 Å². The first-order valence-corrected chi connectivity index (χ1v) is 6.63. The van der Waals surface area contributed by atoms with E-state index in [0.717, 1.165) is 0 Å². The standard InChI is InChI=1S/C10H10N4O4S/c11-19(17,18)7-3-1-6(2-4-7)13-9(15)8-5-12-10(16)14-8/h1-5H,(H,13,15)(H2,11,17,18)(H2,12,14,16). The lowest BCUT2D eigenvalue weighted by molar-refractivity contribution is 0.102. The van der Waals surface area contributed by atoms with E-state index in [2.05, 4.69) is 15.3 Å². The molecule has 0 bridgehead atoms. The second kappa shape index (κ2) is 4.71. The van der Waals surface area contributed by atoms with Crippen molar-refractivity contribution in [1.29, 1.82) is 0 Å². The highest BCUT2D eigenvalue weighted by Gasteiger charge is 2.10. The van der Waals surface area contributed by atoms with Crippen molar-refractivity contribution < 1.29 is 13.2 Å². The van der Waals surface area contributed by atoms with Gasteiger partial charge in [0.1, 0.15) is 5.69 Å². The third kappa shape index (κ3) is 3.09. The van der Waals surface area contributed by atoms with Gasteiger partial charge in [-0.05, 0) is 24.3 Å². The number of carbonyl (C=O) groups excluding carboxylic acids is 1. The SMILES string of the molecule is NS(=O)(=O)c1ccc(NC(=O)c2c[nH]c(=O)[nH]2)cc1. The molecule has 0 radical (unpaired) electrons. The number of nitrogens with one attached hydrogen (secondary N) is 3. The number of imidazole rings is 1. The Morgan fingerprint density at radius 2 is 1.84 bits per heavy atom. The van der Waals surface area contributed by atoms with Gasteiger partial charge in [-0.25, -0.2) is 18.4 Å². The fourth-order valence-electron chi connectivity index (χ4n) is 1.38. The summed E-state index contributed by atoms with van der Waals surface area (Å²) < 4.78 is 22.1. The normalized spacial score (nSPS) is 11.2. The highest BCUT2D eigenvalue weighted by Crippen LogP contribution is 2.13. The second-order valence-corrected chi connectivity index (χ2v) is 5.24. The number of aromatic nitrogens is 2. The molecule has 5 N–H and O–H groups in total. The molecular weight excluding hydrogens is 272 g/mol. The third-order valence-corrected chi connectivity index (χ3v) is 3.21. The summed E-state index contributed by atoms with van der Waals surface area (Å²) in [7, 11) is -3.76. The maximum absolute atomic E-state index is 11.7. The van der Waals surface area contributed by atoms with Crippen molar-refractivity contribution in [2.45, 2.75) is 4.90 Å². The number of H-pyrrole nitrogens is 2. The van der Waals surface area contributed by atoms with Crippen LogP contribution in [-0.2, 0) is 10.0 Å². The predicted molar refractivity (Wildman–Crippen MR) is 67.2 cm³/mol. The predicted octanol–water partition coefficient (Wildman–Crippen LogP) is -0.397. The van der Waals surface area contributed by atoms with Gasteiger partial charge in [0.05, 0.1) is 4.90 Å². The lowest BCUT2D eigenvalue weighted by Gasteiger charge is -2.04. The van der Waals surface area contributed by atoms with E-state index in [-0.39, 0.29) is 10.6 Å². The molecule has 0 saturated heterocycles. The number of sulfonamides is 1. The van der Waals surface area contributed by atoms with Crippen LogP contribution in [0.15, 0.2) is 40.2 Å². The number of rotatable bonds is 3. The molecule has 0 unspecified atom stereocenters. The molecule has 8 nitrogen and oxygen atoms in total. The third-order valence-electron chi connectivity index (χ3n) is 2.28. The Balaban J connectivity index is 2.16. The van der Waals surface area contributed by atoms with Crippen molar-refractivity contribution in [3.63, 3.8) is 0 Å². The van der Waals surface area contributed by atoms with E-state index in [1.54, 1.807) is 0 Å². The number of anilines is 1. The monoisotopic (exact) mass is 282 g/mol. The van der Waals surface area contributed by atoms with Crippen LogP contribution in [0.4, 0.5) is 5.69 Å². The van der Waals surface area contributed by atoms with Gasteiger partial charge in [-0.2, -0.15) is 0 Å². The van der Waals surface area contributed by atoms with Crippen LogP contribution in [0.25, 0.3) is 0 Å². The molecule has 2 aromatic rings. The zero-order chi connectivity index (χ0) is 14.0. The Morgan fingerprint density at radius 3 is 2.32 bits per heavy atom. The van der Waals surface area contributed by atoms with E-state index < -0.39 is 21.6 Å². The van der Waals surface area contributed by atoms with Crippen LogP contribution in [0.2, 0.25) is 0 Å². The Morgan fingerprint density at radius 1 is 1.21 bits per heavy atom. The minimum absolute atomic E-state index is 0.0550. The fraction of sp³-hybridized carbons (Fsp3) is 0.